The van der Waals surface area contributed by atoms with Gasteiger partial charge in [-0.05, 0) is 48.4 Å². The lowest BCUT2D eigenvalue weighted by Crippen LogP contribution is -2.14. The quantitative estimate of drug-likeness (QED) is 0.708. The third-order valence-corrected chi connectivity index (χ3v) is 4.31. The number of nitrogens with one attached hydrogen (secondary N) is 2. The standard InChI is InChI=1S/C20H17ClN4/c21-15-7-8-18-19(12-15)25-20(16-5-1-2-6-17(16)24-18)23-11-9-14-4-3-10-22-13-14/h1-8,10,12-13,24H,9,11H2,(H,23,25). The number of aromatic nitrogens is 1. The van der Waals surface area contributed by atoms with Crippen LogP contribution in [0.4, 0.5) is 17.1 Å². The maximum absolute atomic E-state index is 6.16. The van der Waals surface area contributed by atoms with Crippen molar-refractivity contribution >= 4 is 34.5 Å². The number of para-hydroxylation sites is 1. The first-order valence-electron chi connectivity index (χ1n) is 8.16. The van der Waals surface area contributed by atoms with Gasteiger partial charge < -0.3 is 10.6 Å². The van der Waals surface area contributed by atoms with Gasteiger partial charge in [0.2, 0.25) is 0 Å². The summed E-state index contributed by atoms with van der Waals surface area (Å²) in [6, 6.07) is 17.9. The number of aliphatic imine (C=N–C) groups is 1. The summed E-state index contributed by atoms with van der Waals surface area (Å²) in [4.78, 5) is 8.95. The van der Waals surface area contributed by atoms with E-state index in [4.69, 9.17) is 16.6 Å². The monoisotopic (exact) mass is 348 g/mol. The highest BCUT2D eigenvalue weighted by Crippen LogP contribution is 2.33. The number of hydrogen-bond donors (Lipinski definition) is 2. The number of rotatable bonds is 3. The van der Waals surface area contributed by atoms with E-state index in [0.717, 1.165) is 34.9 Å². The predicted octanol–water partition coefficient (Wildman–Crippen LogP) is 4.89. The topological polar surface area (TPSA) is 49.3 Å². The summed E-state index contributed by atoms with van der Waals surface area (Å²) in [6.07, 6.45) is 4.51. The molecule has 2 aromatic carbocycles. The Hall–Kier alpha value is -2.85. The van der Waals surface area contributed by atoms with Crippen molar-refractivity contribution in [3.05, 3.63) is 83.1 Å². The van der Waals surface area contributed by atoms with E-state index in [9.17, 15) is 0 Å². The number of anilines is 3. The second-order valence-corrected chi connectivity index (χ2v) is 6.26. The van der Waals surface area contributed by atoms with Gasteiger partial charge in [-0.25, -0.2) is 0 Å². The van der Waals surface area contributed by atoms with E-state index in [-0.39, 0.29) is 0 Å². The summed E-state index contributed by atoms with van der Waals surface area (Å²) < 4.78 is 0. The minimum atomic E-state index is 0.679. The van der Waals surface area contributed by atoms with Crippen LogP contribution in [-0.4, -0.2) is 17.4 Å². The fourth-order valence-corrected chi connectivity index (χ4v) is 3.01. The average molecular weight is 349 g/mol. The third kappa shape index (κ3) is 3.49. The summed E-state index contributed by atoms with van der Waals surface area (Å²) >= 11 is 6.16. The van der Waals surface area contributed by atoms with Gasteiger partial charge in [0.25, 0.3) is 0 Å². The fourth-order valence-electron chi connectivity index (χ4n) is 2.84. The van der Waals surface area contributed by atoms with Gasteiger partial charge in [-0.1, -0.05) is 29.8 Å². The van der Waals surface area contributed by atoms with Crippen LogP contribution in [0.25, 0.3) is 0 Å². The van der Waals surface area contributed by atoms with Gasteiger partial charge >= 0.3 is 0 Å². The molecule has 25 heavy (non-hydrogen) atoms. The first-order valence-corrected chi connectivity index (χ1v) is 8.54. The molecule has 0 spiro atoms. The Morgan fingerprint density at radius 2 is 1.84 bits per heavy atom. The van der Waals surface area contributed by atoms with Crippen molar-refractivity contribution in [2.45, 2.75) is 6.42 Å². The molecule has 0 radical (unpaired) electrons. The lowest BCUT2D eigenvalue weighted by atomic mass is 10.1. The largest absolute Gasteiger partial charge is 0.353 e. The highest BCUT2D eigenvalue weighted by molar-refractivity contribution is 6.31. The van der Waals surface area contributed by atoms with Gasteiger partial charge in [0.05, 0.1) is 11.4 Å². The van der Waals surface area contributed by atoms with Gasteiger partial charge in [0, 0.05) is 35.2 Å². The number of benzene rings is 2. The van der Waals surface area contributed by atoms with Crippen LogP contribution in [0, 0.1) is 0 Å². The van der Waals surface area contributed by atoms with Crippen molar-refractivity contribution in [3.8, 4) is 0 Å². The molecule has 3 aromatic rings. The molecule has 124 valence electrons. The predicted molar refractivity (Wildman–Crippen MR) is 104 cm³/mol. The third-order valence-electron chi connectivity index (χ3n) is 4.08. The van der Waals surface area contributed by atoms with E-state index < -0.39 is 0 Å². The summed E-state index contributed by atoms with van der Waals surface area (Å²) in [5.41, 5.74) is 5.14. The van der Waals surface area contributed by atoms with Crippen LogP contribution >= 0.6 is 11.6 Å². The minimum Gasteiger partial charge on any atom is -0.353 e. The van der Waals surface area contributed by atoms with Crippen molar-refractivity contribution in [1.29, 1.82) is 0 Å². The van der Waals surface area contributed by atoms with Gasteiger partial charge in [0.15, 0.2) is 0 Å². The van der Waals surface area contributed by atoms with E-state index in [2.05, 4.69) is 33.8 Å². The Kier molecular flexibility index (Phi) is 4.36. The molecule has 2 heterocycles. The molecule has 0 fully saturated rings. The molecule has 1 aromatic heterocycles. The zero-order chi connectivity index (χ0) is 17.1. The first kappa shape index (κ1) is 15.7. The number of pyridine rings is 1. The second kappa shape index (κ2) is 6.95. The van der Waals surface area contributed by atoms with Crippen molar-refractivity contribution in [3.63, 3.8) is 0 Å². The van der Waals surface area contributed by atoms with Crippen LogP contribution in [0.2, 0.25) is 5.02 Å². The molecule has 5 heteroatoms. The second-order valence-electron chi connectivity index (χ2n) is 5.83. The summed E-state index contributed by atoms with van der Waals surface area (Å²) in [6.45, 7) is 0.679. The highest BCUT2D eigenvalue weighted by Gasteiger charge is 2.17. The van der Waals surface area contributed by atoms with Gasteiger partial charge in [0.1, 0.15) is 5.84 Å². The highest BCUT2D eigenvalue weighted by atomic mass is 35.5. The SMILES string of the molecule is Clc1ccc2c(c1)NC(=NCCc1cccnc1)c1ccccc1N2. The van der Waals surface area contributed by atoms with Crippen molar-refractivity contribution in [1.82, 2.24) is 4.98 Å². The molecular weight excluding hydrogens is 332 g/mol. The normalized spacial score (nSPS) is 14.0. The van der Waals surface area contributed by atoms with Gasteiger partial charge in [-0.3, -0.25) is 9.98 Å². The molecule has 2 N–H and O–H groups in total. The molecule has 0 saturated carbocycles. The van der Waals surface area contributed by atoms with E-state index in [1.165, 1.54) is 5.56 Å². The maximum atomic E-state index is 6.16. The zero-order valence-electron chi connectivity index (χ0n) is 13.5. The molecule has 0 amide bonds. The van der Waals surface area contributed by atoms with Crippen LogP contribution in [0.1, 0.15) is 11.1 Å². The van der Waals surface area contributed by atoms with Crippen LogP contribution in [0.5, 0.6) is 0 Å². The average Bonchev–Trinajstić information content (AvgIpc) is 2.79. The Bertz CT molecular complexity index is 922. The van der Waals surface area contributed by atoms with Gasteiger partial charge in [-0.15, -0.1) is 0 Å². The summed E-state index contributed by atoms with van der Waals surface area (Å²) in [5, 5.41) is 7.58. The first-order chi connectivity index (χ1) is 12.3. The summed E-state index contributed by atoms with van der Waals surface area (Å²) in [5.74, 6) is 0.841. The van der Waals surface area contributed by atoms with E-state index in [1.54, 1.807) is 6.20 Å². The number of halogens is 1. The molecule has 1 aliphatic heterocycles. The van der Waals surface area contributed by atoms with E-state index >= 15 is 0 Å². The van der Waals surface area contributed by atoms with Crippen molar-refractivity contribution in [2.75, 3.05) is 17.2 Å². The Labute approximate surface area is 151 Å². The molecule has 0 saturated heterocycles. The van der Waals surface area contributed by atoms with Gasteiger partial charge in [-0.2, -0.15) is 0 Å². The summed E-state index contributed by atoms with van der Waals surface area (Å²) in [7, 11) is 0. The molecule has 1 aliphatic rings. The maximum Gasteiger partial charge on any atom is 0.134 e. The lowest BCUT2D eigenvalue weighted by molar-refractivity contribution is 0.958. The molecule has 0 atom stereocenters. The van der Waals surface area contributed by atoms with Crippen molar-refractivity contribution in [2.24, 2.45) is 4.99 Å². The number of nitrogens with zero attached hydrogens (tertiary/aromatic N) is 2. The number of amidine groups is 1. The van der Waals surface area contributed by atoms with E-state index in [1.807, 2.05) is 42.6 Å². The van der Waals surface area contributed by atoms with Crippen LogP contribution in [-0.2, 0) is 6.42 Å². The molecule has 0 bridgehead atoms. The zero-order valence-corrected chi connectivity index (χ0v) is 14.3. The Morgan fingerprint density at radius 1 is 0.920 bits per heavy atom. The number of fused-ring (bicyclic) bond motifs is 2. The molecule has 0 aliphatic carbocycles. The molecular formula is C20H17ClN4. The molecule has 4 nitrogen and oxygen atoms in total. The minimum absolute atomic E-state index is 0.679. The van der Waals surface area contributed by atoms with Crippen LogP contribution in [0.15, 0.2) is 72.0 Å². The van der Waals surface area contributed by atoms with Crippen LogP contribution in [0.3, 0.4) is 0 Å². The molecule has 0 unspecified atom stereocenters. The fraction of sp³-hybridized carbons (Fsp3) is 0.100. The number of hydrogen-bond acceptors (Lipinski definition) is 3. The lowest BCUT2D eigenvalue weighted by Gasteiger charge is -2.10. The van der Waals surface area contributed by atoms with Crippen LogP contribution < -0.4 is 10.6 Å². The van der Waals surface area contributed by atoms with Crippen molar-refractivity contribution < 1.29 is 0 Å². The molecule has 4 rings (SSSR count). The van der Waals surface area contributed by atoms with E-state index in [0.29, 0.717) is 11.6 Å². The Balaban J connectivity index is 1.66. The Morgan fingerprint density at radius 3 is 2.72 bits per heavy atom. The smallest absolute Gasteiger partial charge is 0.134 e.